The molecule has 24 heavy (non-hydrogen) atoms. The number of halogens is 1. The Bertz CT molecular complexity index is 709. The topological polar surface area (TPSA) is 31.4 Å². The Hall–Kier alpha value is -2.00. The Morgan fingerprint density at radius 1 is 1.12 bits per heavy atom. The molecule has 3 rings (SSSR count). The van der Waals surface area contributed by atoms with Gasteiger partial charge in [0.1, 0.15) is 5.60 Å². The largest absolute Gasteiger partial charge is 0.493 e. The van der Waals surface area contributed by atoms with Crippen LogP contribution in [0.15, 0.2) is 36.7 Å². The van der Waals surface area contributed by atoms with E-state index in [1.807, 2.05) is 18.2 Å². The zero-order valence-corrected chi connectivity index (χ0v) is 15.2. The molecule has 0 unspecified atom stereocenters. The van der Waals surface area contributed by atoms with Gasteiger partial charge in [-0.25, -0.2) is 0 Å². The van der Waals surface area contributed by atoms with Crippen LogP contribution in [0.5, 0.6) is 11.5 Å². The Labute approximate surface area is 150 Å². The van der Waals surface area contributed by atoms with Crippen LogP contribution in [-0.2, 0) is 6.42 Å². The highest BCUT2D eigenvalue weighted by molar-refractivity contribution is 5.85. The van der Waals surface area contributed by atoms with Gasteiger partial charge in [-0.2, -0.15) is 0 Å². The molecule has 2 heterocycles. The molecule has 1 aliphatic heterocycles. The van der Waals surface area contributed by atoms with Gasteiger partial charge in [0.05, 0.1) is 7.11 Å². The molecule has 0 amide bonds. The lowest BCUT2D eigenvalue weighted by Crippen LogP contribution is -2.32. The van der Waals surface area contributed by atoms with E-state index in [1.54, 1.807) is 19.5 Å². The van der Waals surface area contributed by atoms with Crippen molar-refractivity contribution in [3.05, 3.63) is 53.3 Å². The average molecular weight is 346 g/mol. The van der Waals surface area contributed by atoms with E-state index in [1.165, 1.54) is 11.1 Å². The number of rotatable bonds is 5. The molecule has 1 aromatic heterocycles. The standard InChI is InChI=1S/C20H23NO2.ClH/c1-4-20(5-2)14-17-16(7-6-15-10-12-21-13-11-15)8-9-18(22-3)19(17)23-20;/h6-13H,4-5,14H2,1-3H3;1H. The number of benzene rings is 1. The van der Waals surface area contributed by atoms with Crippen LogP contribution in [0, 0.1) is 0 Å². The fourth-order valence-electron chi connectivity index (χ4n) is 3.11. The van der Waals surface area contributed by atoms with E-state index in [2.05, 4.69) is 37.0 Å². The highest BCUT2D eigenvalue weighted by Gasteiger charge is 2.38. The molecule has 0 fully saturated rings. The maximum Gasteiger partial charge on any atom is 0.165 e. The van der Waals surface area contributed by atoms with Crippen molar-refractivity contribution in [2.75, 3.05) is 7.11 Å². The normalized spacial score (nSPS) is 14.8. The third-order valence-corrected chi connectivity index (χ3v) is 4.75. The van der Waals surface area contributed by atoms with Gasteiger partial charge in [-0.3, -0.25) is 4.98 Å². The molecule has 0 N–H and O–H groups in total. The number of hydrogen-bond donors (Lipinski definition) is 0. The molecule has 2 aromatic rings. The second-order valence-electron chi connectivity index (χ2n) is 5.95. The fourth-order valence-corrected chi connectivity index (χ4v) is 3.11. The summed E-state index contributed by atoms with van der Waals surface area (Å²) in [6.07, 6.45) is 10.8. The molecular formula is C20H24ClNO2. The van der Waals surface area contributed by atoms with Gasteiger partial charge in [0.15, 0.2) is 11.5 Å². The molecule has 0 aliphatic carbocycles. The minimum absolute atomic E-state index is 0. The third-order valence-electron chi connectivity index (χ3n) is 4.75. The van der Waals surface area contributed by atoms with E-state index in [-0.39, 0.29) is 18.0 Å². The minimum Gasteiger partial charge on any atom is -0.493 e. The van der Waals surface area contributed by atoms with Crippen LogP contribution in [0.4, 0.5) is 0 Å². The molecule has 0 saturated carbocycles. The summed E-state index contributed by atoms with van der Waals surface area (Å²) in [6.45, 7) is 4.38. The number of nitrogens with zero attached hydrogens (tertiary/aromatic N) is 1. The minimum atomic E-state index is -0.101. The van der Waals surface area contributed by atoms with E-state index in [0.29, 0.717) is 0 Å². The number of aromatic nitrogens is 1. The Morgan fingerprint density at radius 3 is 2.46 bits per heavy atom. The van der Waals surface area contributed by atoms with Crippen LogP contribution in [0.2, 0.25) is 0 Å². The van der Waals surface area contributed by atoms with Gasteiger partial charge in [-0.05, 0) is 42.2 Å². The van der Waals surface area contributed by atoms with Crippen molar-refractivity contribution in [1.82, 2.24) is 4.98 Å². The maximum absolute atomic E-state index is 6.34. The van der Waals surface area contributed by atoms with Crippen molar-refractivity contribution < 1.29 is 9.47 Å². The average Bonchev–Trinajstić information content (AvgIpc) is 3.01. The van der Waals surface area contributed by atoms with Crippen molar-refractivity contribution in [1.29, 1.82) is 0 Å². The molecular weight excluding hydrogens is 322 g/mol. The number of methoxy groups -OCH3 is 1. The van der Waals surface area contributed by atoms with Crippen molar-refractivity contribution in [3.8, 4) is 11.5 Å². The van der Waals surface area contributed by atoms with Crippen LogP contribution < -0.4 is 9.47 Å². The maximum atomic E-state index is 6.34. The number of pyridine rings is 1. The molecule has 128 valence electrons. The summed E-state index contributed by atoms with van der Waals surface area (Å²) in [5, 5.41) is 0. The smallest absolute Gasteiger partial charge is 0.165 e. The van der Waals surface area contributed by atoms with Gasteiger partial charge in [-0.1, -0.05) is 32.1 Å². The van der Waals surface area contributed by atoms with E-state index in [0.717, 1.165) is 36.3 Å². The molecule has 4 heteroatoms. The number of ether oxygens (including phenoxy) is 2. The van der Waals surface area contributed by atoms with Gasteiger partial charge in [0.2, 0.25) is 0 Å². The van der Waals surface area contributed by atoms with Crippen molar-refractivity contribution in [2.24, 2.45) is 0 Å². The van der Waals surface area contributed by atoms with E-state index in [9.17, 15) is 0 Å². The second kappa shape index (κ2) is 7.71. The van der Waals surface area contributed by atoms with Crippen molar-refractivity contribution in [2.45, 2.75) is 38.7 Å². The summed E-state index contributed by atoms with van der Waals surface area (Å²) >= 11 is 0. The lowest BCUT2D eigenvalue weighted by Gasteiger charge is -2.25. The molecule has 0 atom stereocenters. The van der Waals surface area contributed by atoms with Crippen LogP contribution in [-0.4, -0.2) is 17.7 Å². The summed E-state index contributed by atoms with van der Waals surface area (Å²) in [5.41, 5.74) is 3.48. The molecule has 0 bridgehead atoms. The predicted octanol–water partition coefficient (Wildman–Crippen LogP) is 5.18. The summed E-state index contributed by atoms with van der Waals surface area (Å²) in [7, 11) is 1.70. The third kappa shape index (κ3) is 3.41. The molecule has 1 aromatic carbocycles. The quantitative estimate of drug-likeness (QED) is 0.748. The lowest BCUT2D eigenvalue weighted by atomic mass is 9.89. The monoisotopic (exact) mass is 345 g/mol. The highest BCUT2D eigenvalue weighted by Crippen LogP contribution is 2.46. The number of fused-ring (bicyclic) bond motifs is 1. The molecule has 0 spiro atoms. The molecule has 0 radical (unpaired) electrons. The summed E-state index contributed by atoms with van der Waals surface area (Å²) in [5.74, 6) is 1.73. The second-order valence-corrected chi connectivity index (χ2v) is 5.95. The van der Waals surface area contributed by atoms with E-state index in [4.69, 9.17) is 9.47 Å². The molecule has 3 nitrogen and oxygen atoms in total. The van der Waals surface area contributed by atoms with E-state index < -0.39 is 0 Å². The SMILES string of the molecule is CCC1(CC)Cc2c(C=Cc3ccncc3)ccc(OC)c2O1.Cl. The highest BCUT2D eigenvalue weighted by atomic mass is 35.5. The van der Waals surface area contributed by atoms with Gasteiger partial charge >= 0.3 is 0 Å². The summed E-state index contributed by atoms with van der Waals surface area (Å²) in [4.78, 5) is 4.05. The first-order chi connectivity index (χ1) is 11.2. The van der Waals surface area contributed by atoms with Crippen LogP contribution in [0.1, 0.15) is 43.4 Å². The van der Waals surface area contributed by atoms with Gasteiger partial charge < -0.3 is 9.47 Å². The Morgan fingerprint density at radius 2 is 1.83 bits per heavy atom. The van der Waals surface area contributed by atoms with E-state index >= 15 is 0 Å². The van der Waals surface area contributed by atoms with Gasteiger partial charge in [0.25, 0.3) is 0 Å². The van der Waals surface area contributed by atoms with Crippen LogP contribution in [0.3, 0.4) is 0 Å². The predicted molar refractivity (Wildman–Crippen MR) is 101 cm³/mol. The summed E-state index contributed by atoms with van der Waals surface area (Å²) in [6, 6.07) is 8.10. The Balaban J connectivity index is 0.00000208. The van der Waals surface area contributed by atoms with Gasteiger partial charge in [-0.15, -0.1) is 12.4 Å². The zero-order chi connectivity index (χ0) is 16.3. The number of hydrogen-bond acceptors (Lipinski definition) is 3. The zero-order valence-electron chi connectivity index (χ0n) is 14.4. The molecule has 0 saturated heterocycles. The Kier molecular flexibility index (Phi) is 5.89. The first-order valence-corrected chi connectivity index (χ1v) is 8.18. The lowest BCUT2D eigenvalue weighted by molar-refractivity contribution is 0.0828. The fraction of sp³-hybridized carbons (Fsp3) is 0.350. The summed E-state index contributed by atoms with van der Waals surface area (Å²) < 4.78 is 11.8. The first kappa shape index (κ1) is 18.3. The van der Waals surface area contributed by atoms with Crippen LogP contribution >= 0.6 is 12.4 Å². The van der Waals surface area contributed by atoms with Crippen molar-refractivity contribution in [3.63, 3.8) is 0 Å². The first-order valence-electron chi connectivity index (χ1n) is 8.18. The van der Waals surface area contributed by atoms with Crippen LogP contribution in [0.25, 0.3) is 12.2 Å². The van der Waals surface area contributed by atoms with Crippen molar-refractivity contribution >= 4 is 24.6 Å². The molecule has 1 aliphatic rings. The van der Waals surface area contributed by atoms with Gasteiger partial charge in [0, 0.05) is 24.4 Å².